The number of fused-ring (bicyclic) bond motifs is 3. The van der Waals surface area contributed by atoms with Crippen LogP contribution in [0.4, 0.5) is 9.59 Å². The van der Waals surface area contributed by atoms with E-state index in [1.807, 2.05) is 128 Å². The molecule has 1 aliphatic heterocycles. The van der Waals surface area contributed by atoms with Gasteiger partial charge in [0.05, 0.1) is 0 Å². The number of hydrogen-bond acceptors (Lipinski definition) is 7. The van der Waals surface area contributed by atoms with Gasteiger partial charge in [-0.2, -0.15) is 0 Å². The molecule has 1 heterocycles. The second-order valence-corrected chi connectivity index (χ2v) is 15.2. The van der Waals surface area contributed by atoms with E-state index >= 15 is 0 Å². The van der Waals surface area contributed by atoms with Crippen molar-refractivity contribution in [2.45, 2.75) is 62.6 Å². The largest absolute Gasteiger partial charge is 0.449 e. The number of benzene rings is 5. The lowest BCUT2D eigenvalue weighted by molar-refractivity contribution is -0.162. The van der Waals surface area contributed by atoms with Gasteiger partial charge in [0.2, 0.25) is 5.91 Å². The van der Waals surface area contributed by atoms with Gasteiger partial charge in [-0.15, -0.1) is 0 Å². The van der Waals surface area contributed by atoms with Crippen molar-refractivity contribution in [2.24, 2.45) is 0 Å². The number of unbranched alkanes of at least 4 members (excludes halogenated alkanes) is 1. The molecule has 0 aromatic heterocycles. The van der Waals surface area contributed by atoms with Crippen molar-refractivity contribution in [1.82, 2.24) is 15.5 Å². The van der Waals surface area contributed by atoms with E-state index in [4.69, 9.17) is 14.2 Å². The number of nitrogens with zero attached hydrogens (tertiary/aromatic N) is 1. The quantitative estimate of drug-likeness (QED) is 0.0336. The Bertz CT molecular complexity index is 2190. The lowest BCUT2D eigenvalue weighted by atomic mass is 9.79. The van der Waals surface area contributed by atoms with Crippen molar-refractivity contribution in [3.05, 3.63) is 179 Å². The summed E-state index contributed by atoms with van der Waals surface area (Å²) in [5.74, 6) is -1.11. The zero-order chi connectivity index (χ0) is 41.9. The van der Waals surface area contributed by atoms with Crippen molar-refractivity contribution in [3.63, 3.8) is 0 Å². The smallest absolute Gasteiger partial charge is 0.407 e. The van der Waals surface area contributed by atoms with Crippen LogP contribution in [0.3, 0.4) is 0 Å². The second kappa shape index (κ2) is 19.4. The number of carbonyl (C=O) groups excluding carboxylic acids is 4. The van der Waals surface area contributed by atoms with Crippen LogP contribution in [-0.2, 0) is 29.4 Å². The Morgan fingerprint density at radius 3 is 1.95 bits per heavy atom. The van der Waals surface area contributed by atoms with Crippen LogP contribution in [0.25, 0.3) is 11.1 Å². The SMILES string of the molecule is C=CCOC(=O)NCCCC[C@H](NC(=O)OCC1c2ccccc2-c2ccccc21)C(=O)N1CCC[C@H]1C(=O)OC(c1ccccc1)(c1ccccc1)c1ccc(C)cc1. The first-order chi connectivity index (χ1) is 29.3. The van der Waals surface area contributed by atoms with Crippen molar-refractivity contribution < 1.29 is 33.4 Å². The van der Waals surface area contributed by atoms with Gasteiger partial charge < -0.3 is 29.7 Å². The monoisotopic (exact) mass is 805 g/mol. The van der Waals surface area contributed by atoms with E-state index in [-0.39, 0.29) is 25.6 Å². The molecule has 0 spiro atoms. The highest BCUT2D eigenvalue weighted by Gasteiger charge is 2.45. The summed E-state index contributed by atoms with van der Waals surface area (Å²) in [6.45, 7) is 6.35. The van der Waals surface area contributed by atoms with Gasteiger partial charge in [-0.3, -0.25) is 4.79 Å². The first-order valence-electron chi connectivity index (χ1n) is 20.6. The van der Waals surface area contributed by atoms with Crippen LogP contribution in [0.1, 0.15) is 71.4 Å². The van der Waals surface area contributed by atoms with Gasteiger partial charge in [0.25, 0.3) is 0 Å². The molecule has 2 aliphatic rings. The molecule has 1 saturated heterocycles. The molecule has 2 atom stereocenters. The van der Waals surface area contributed by atoms with Gasteiger partial charge in [0.1, 0.15) is 25.3 Å². The molecule has 1 fully saturated rings. The van der Waals surface area contributed by atoms with Crippen LogP contribution >= 0.6 is 0 Å². The minimum Gasteiger partial charge on any atom is -0.449 e. The number of likely N-dealkylation sites (tertiary alicyclic amines) is 1. The van der Waals surface area contributed by atoms with E-state index in [1.54, 1.807) is 0 Å². The number of nitrogens with one attached hydrogen (secondary N) is 2. The topological polar surface area (TPSA) is 123 Å². The standard InChI is InChI=1S/C50H51N3O7/c1-3-33-58-48(56)51-31-15-14-25-44(52-49(57)59-34-43-41-23-12-10-21-39(41)40-22-11-13-24-42(40)43)46(54)53-32-16-26-45(53)47(55)60-50(36-17-6-4-7-18-36,37-19-8-5-9-20-37)38-29-27-35(2)28-30-38/h3-13,17-24,27-30,43-45H,1,14-16,25-26,31-34H2,2H3,(H,51,56)(H,52,57)/t44-,45-/m0/s1. The average Bonchev–Trinajstić information content (AvgIpc) is 3.91. The third kappa shape index (κ3) is 9.13. The first kappa shape index (κ1) is 41.5. The maximum Gasteiger partial charge on any atom is 0.407 e. The first-order valence-corrected chi connectivity index (χ1v) is 20.6. The Kier molecular flexibility index (Phi) is 13.4. The number of ether oxygens (including phenoxy) is 3. The Hall–Kier alpha value is -6.68. The van der Waals surface area contributed by atoms with E-state index in [0.717, 1.165) is 44.5 Å². The van der Waals surface area contributed by atoms with Crippen molar-refractivity contribution >= 4 is 24.1 Å². The van der Waals surface area contributed by atoms with Crippen LogP contribution in [0.5, 0.6) is 0 Å². The molecule has 60 heavy (non-hydrogen) atoms. The molecule has 0 radical (unpaired) electrons. The molecule has 2 N–H and O–H groups in total. The summed E-state index contributed by atoms with van der Waals surface area (Å²) in [5, 5.41) is 5.55. The maximum absolute atomic E-state index is 14.7. The van der Waals surface area contributed by atoms with Crippen molar-refractivity contribution in [2.75, 3.05) is 26.3 Å². The molecule has 0 saturated carbocycles. The number of alkyl carbamates (subject to hydrolysis) is 2. The Morgan fingerprint density at radius 2 is 1.33 bits per heavy atom. The fourth-order valence-corrected chi connectivity index (χ4v) is 8.39. The maximum atomic E-state index is 14.7. The van der Waals surface area contributed by atoms with E-state index in [0.29, 0.717) is 38.8 Å². The Labute approximate surface area is 351 Å². The third-order valence-corrected chi connectivity index (χ3v) is 11.3. The number of aryl methyl sites for hydroxylation is 1. The summed E-state index contributed by atoms with van der Waals surface area (Å²) >= 11 is 0. The molecule has 3 amide bonds. The minimum absolute atomic E-state index is 0.0796. The van der Waals surface area contributed by atoms with Crippen molar-refractivity contribution in [3.8, 4) is 11.1 Å². The molecule has 5 aromatic carbocycles. The van der Waals surface area contributed by atoms with Gasteiger partial charge >= 0.3 is 18.2 Å². The van der Waals surface area contributed by atoms with Crippen molar-refractivity contribution in [1.29, 1.82) is 0 Å². The molecule has 10 heteroatoms. The lowest BCUT2D eigenvalue weighted by Gasteiger charge is -2.37. The zero-order valence-corrected chi connectivity index (χ0v) is 33.9. The van der Waals surface area contributed by atoms with Crippen LogP contribution in [-0.4, -0.2) is 67.3 Å². The van der Waals surface area contributed by atoms with E-state index in [9.17, 15) is 19.2 Å². The van der Waals surface area contributed by atoms with Crippen LogP contribution in [0.15, 0.2) is 146 Å². The molecule has 0 unspecified atom stereocenters. The number of amides is 3. The highest BCUT2D eigenvalue weighted by Crippen LogP contribution is 2.45. The molecule has 10 nitrogen and oxygen atoms in total. The van der Waals surface area contributed by atoms with Crippen LogP contribution in [0, 0.1) is 6.92 Å². The molecule has 308 valence electrons. The zero-order valence-electron chi connectivity index (χ0n) is 33.9. The second-order valence-electron chi connectivity index (χ2n) is 15.2. The predicted octanol–water partition coefficient (Wildman–Crippen LogP) is 8.81. The molecular weight excluding hydrogens is 755 g/mol. The normalized spacial score (nSPS) is 14.9. The molecule has 5 aromatic rings. The number of rotatable bonds is 16. The molecular formula is C50H51N3O7. The molecule has 7 rings (SSSR count). The Morgan fingerprint density at radius 1 is 0.750 bits per heavy atom. The summed E-state index contributed by atoms with van der Waals surface area (Å²) in [6.07, 6.45) is 2.39. The molecule has 1 aliphatic carbocycles. The highest BCUT2D eigenvalue weighted by molar-refractivity contribution is 5.90. The summed E-state index contributed by atoms with van der Waals surface area (Å²) in [7, 11) is 0. The average molecular weight is 806 g/mol. The highest BCUT2D eigenvalue weighted by atomic mass is 16.6. The van der Waals surface area contributed by atoms with E-state index < -0.39 is 41.7 Å². The fourth-order valence-electron chi connectivity index (χ4n) is 8.39. The number of carbonyl (C=O) groups is 4. The summed E-state index contributed by atoms with van der Waals surface area (Å²) in [6, 6.07) is 41.5. The minimum atomic E-state index is -1.32. The summed E-state index contributed by atoms with van der Waals surface area (Å²) in [5.41, 5.74) is 6.40. The van der Waals surface area contributed by atoms with Gasteiger partial charge in [-0.1, -0.05) is 152 Å². The lowest BCUT2D eigenvalue weighted by Crippen LogP contribution is -2.53. The number of hydrogen-bond donors (Lipinski definition) is 2. The summed E-state index contributed by atoms with van der Waals surface area (Å²) < 4.78 is 17.7. The van der Waals surface area contributed by atoms with Crippen LogP contribution < -0.4 is 10.6 Å². The Balaban J connectivity index is 1.11. The molecule has 0 bridgehead atoms. The van der Waals surface area contributed by atoms with Gasteiger partial charge in [0.15, 0.2) is 5.60 Å². The number of esters is 1. The summed E-state index contributed by atoms with van der Waals surface area (Å²) in [4.78, 5) is 56.5. The van der Waals surface area contributed by atoms with Gasteiger partial charge in [-0.25, -0.2) is 14.4 Å². The predicted molar refractivity (Wildman–Crippen MR) is 230 cm³/mol. The van der Waals surface area contributed by atoms with Gasteiger partial charge in [0, 0.05) is 35.7 Å². The fraction of sp³-hybridized carbons (Fsp3) is 0.280. The van der Waals surface area contributed by atoms with Gasteiger partial charge in [-0.05, 0) is 61.3 Å². The van der Waals surface area contributed by atoms with E-state index in [2.05, 4.69) is 29.3 Å². The van der Waals surface area contributed by atoms with E-state index in [1.165, 1.54) is 11.0 Å². The third-order valence-electron chi connectivity index (χ3n) is 11.3. The van der Waals surface area contributed by atoms with Crippen LogP contribution in [0.2, 0.25) is 0 Å².